The molecule has 4 atom stereocenters. The van der Waals surface area contributed by atoms with E-state index in [1.54, 1.807) is 19.1 Å². The molecule has 6 N–H and O–H groups in total. The van der Waals surface area contributed by atoms with Crippen molar-refractivity contribution in [3.8, 4) is 5.75 Å². The van der Waals surface area contributed by atoms with Crippen molar-refractivity contribution in [2.45, 2.75) is 124 Å². The zero-order valence-corrected chi connectivity index (χ0v) is 36.3. The topological polar surface area (TPSA) is 247 Å². The van der Waals surface area contributed by atoms with Gasteiger partial charge in [-0.3, -0.25) is 33.6 Å². The third kappa shape index (κ3) is 24.7. The fourth-order valence-corrected chi connectivity index (χ4v) is 6.24. The lowest BCUT2D eigenvalue weighted by atomic mass is 9.77. The van der Waals surface area contributed by atoms with Crippen molar-refractivity contribution in [1.29, 1.82) is 0 Å². The van der Waals surface area contributed by atoms with E-state index in [9.17, 15) is 43.8 Å². The summed E-state index contributed by atoms with van der Waals surface area (Å²) in [6.45, 7) is 8.75. The van der Waals surface area contributed by atoms with Crippen LogP contribution in [-0.2, 0) is 58.9 Å². The monoisotopic (exact) mass is 849 g/mol. The molecule has 1 aromatic carbocycles. The smallest absolute Gasteiger partial charge is 0.306 e. The average molecular weight is 850 g/mol. The van der Waals surface area contributed by atoms with Crippen LogP contribution in [0.4, 0.5) is 0 Å². The van der Waals surface area contributed by atoms with Crippen LogP contribution in [0.2, 0.25) is 0 Å². The quantitative estimate of drug-likeness (QED) is 0.0585. The lowest BCUT2D eigenvalue weighted by Crippen LogP contribution is -2.47. The van der Waals surface area contributed by atoms with Gasteiger partial charge in [-0.1, -0.05) is 65.5 Å². The van der Waals surface area contributed by atoms with Crippen LogP contribution in [0.5, 0.6) is 5.75 Å². The maximum absolute atomic E-state index is 13.3. The number of aliphatic carboxylic acids is 1. The van der Waals surface area contributed by atoms with Crippen LogP contribution in [0.25, 0.3) is 0 Å². The number of ether oxygens (including phenoxy) is 4. The molecular weight excluding hydrogens is 778 g/mol. The van der Waals surface area contributed by atoms with Crippen LogP contribution < -0.4 is 16.4 Å². The molecule has 0 saturated heterocycles. The third-order valence-corrected chi connectivity index (χ3v) is 10.3. The first-order valence-electron chi connectivity index (χ1n) is 21.4. The predicted octanol–water partition coefficient (Wildman–Crippen LogP) is 4.25. The van der Waals surface area contributed by atoms with E-state index in [1.807, 2.05) is 13.8 Å². The lowest BCUT2D eigenvalue weighted by molar-refractivity contribution is -0.144. The molecule has 340 valence electrons. The highest BCUT2D eigenvalue weighted by atomic mass is 16.5. The summed E-state index contributed by atoms with van der Waals surface area (Å²) in [7, 11) is 0. The van der Waals surface area contributed by atoms with E-state index in [0.29, 0.717) is 32.3 Å². The van der Waals surface area contributed by atoms with Crippen molar-refractivity contribution in [1.82, 2.24) is 10.6 Å². The predicted molar refractivity (Wildman–Crippen MR) is 224 cm³/mol. The van der Waals surface area contributed by atoms with Crippen LogP contribution >= 0.6 is 0 Å². The van der Waals surface area contributed by atoms with Crippen molar-refractivity contribution in [2.75, 3.05) is 59.4 Å². The van der Waals surface area contributed by atoms with E-state index < -0.39 is 35.2 Å². The van der Waals surface area contributed by atoms with Crippen LogP contribution in [0.3, 0.4) is 0 Å². The van der Waals surface area contributed by atoms with Gasteiger partial charge in [-0.05, 0) is 55.7 Å². The van der Waals surface area contributed by atoms with Gasteiger partial charge in [-0.2, -0.15) is 0 Å². The Morgan fingerprint density at radius 1 is 0.750 bits per heavy atom. The number of hydrogen-bond acceptors (Lipinski definition) is 12. The molecule has 0 aliphatic carbocycles. The summed E-state index contributed by atoms with van der Waals surface area (Å²) in [5.74, 6) is -3.68. The number of benzene rings is 1. The van der Waals surface area contributed by atoms with Crippen LogP contribution in [0, 0.1) is 17.3 Å². The molecule has 0 unspecified atom stereocenters. The SMILES string of the molecule is CCCCCCC(=O)C[C@@H](CCC(=O)NCCOCCOCC(=O)CCCOCCOCC(=O)N[C@H](C(=O)CC[C@@](C)(Cc1ccc(O)cc1)C(N)=O)[C@@H](C)CC)C(=O)O. The number of aromatic hydroxyl groups is 1. The molecule has 3 amide bonds. The molecule has 1 rings (SSSR count). The number of carbonyl (C=O) groups is 7. The van der Waals surface area contributed by atoms with Crippen molar-refractivity contribution in [3.05, 3.63) is 29.8 Å². The van der Waals surface area contributed by atoms with Gasteiger partial charge in [0.2, 0.25) is 17.7 Å². The van der Waals surface area contributed by atoms with Gasteiger partial charge in [-0.15, -0.1) is 0 Å². The number of phenols is 1. The Balaban J connectivity index is 2.16. The maximum Gasteiger partial charge on any atom is 0.306 e. The highest BCUT2D eigenvalue weighted by Crippen LogP contribution is 2.30. The first kappa shape index (κ1) is 53.8. The number of amides is 3. The summed E-state index contributed by atoms with van der Waals surface area (Å²) in [6.07, 6.45) is 6.12. The number of hydrogen-bond donors (Lipinski definition) is 5. The Labute approximate surface area is 355 Å². The van der Waals surface area contributed by atoms with Gasteiger partial charge < -0.3 is 45.5 Å². The van der Waals surface area contributed by atoms with Gasteiger partial charge in [0.25, 0.3) is 0 Å². The van der Waals surface area contributed by atoms with Crippen molar-refractivity contribution < 1.29 is 62.7 Å². The molecule has 0 bridgehead atoms. The third-order valence-electron chi connectivity index (χ3n) is 10.3. The standard InChI is InChI=1S/C44H71N3O13/c1-5-7-8-9-11-36(49)28-34(42(54)55)15-18-39(52)46-21-23-58-25-26-59-30-37(50)12-10-22-57-24-27-60-31-40(53)47-41(32(3)6-2)38(51)19-20-44(4,43(45)56)29-33-13-16-35(48)17-14-33/h13-14,16-17,32,34,41,48H,5-12,15,18-31H2,1-4H3,(H2,45,56)(H,46,52)(H,47,53)(H,54,55)/t32-,34+,41-,44-/m0/s1. The van der Waals surface area contributed by atoms with Gasteiger partial charge in [0, 0.05) is 45.3 Å². The fourth-order valence-electron chi connectivity index (χ4n) is 6.24. The average Bonchev–Trinajstić information content (AvgIpc) is 3.21. The van der Waals surface area contributed by atoms with Crippen molar-refractivity contribution in [2.24, 2.45) is 23.0 Å². The second-order valence-electron chi connectivity index (χ2n) is 15.6. The number of rotatable bonds is 38. The molecule has 16 heteroatoms. The number of Topliss-reactive ketones (excluding diaryl/α,β-unsaturated/α-hetero) is 3. The Bertz CT molecular complexity index is 1450. The summed E-state index contributed by atoms with van der Waals surface area (Å²) >= 11 is 0. The number of carboxylic acid groups (broad SMARTS) is 1. The minimum atomic E-state index is -1.07. The number of carboxylic acids is 1. The number of nitrogens with one attached hydrogen (secondary N) is 2. The highest BCUT2D eigenvalue weighted by molar-refractivity contribution is 5.90. The zero-order chi connectivity index (χ0) is 44.8. The number of carbonyl (C=O) groups excluding carboxylic acids is 6. The first-order chi connectivity index (χ1) is 28.6. The van der Waals surface area contributed by atoms with E-state index in [4.69, 9.17) is 24.7 Å². The maximum atomic E-state index is 13.3. The molecule has 0 saturated carbocycles. The number of unbranched alkanes of at least 4 members (excludes halogenated alkanes) is 3. The van der Waals surface area contributed by atoms with Gasteiger partial charge >= 0.3 is 5.97 Å². The van der Waals surface area contributed by atoms with Crippen LogP contribution in [0.1, 0.15) is 117 Å². The number of primary amides is 1. The summed E-state index contributed by atoms with van der Waals surface area (Å²) in [6, 6.07) is 5.71. The van der Waals surface area contributed by atoms with Crippen molar-refractivity contribution >= 4 is 41.0 Å². The molecule has 0 fully saturated rings. The van der Waals surface area contributed by atoms with Crippen LogP contribution in [0.15, 0.2) is 24.3 Å². The Hall–Kier alpha value is -4.25. The molecule has 0 aromatic heterocycles. The molecule has 0 radical (unpaired) electrons. The minimum Gasteiger partial charge on any atom is -0.508 e. The Morgan fingerprint density at radius 2 is 1.38 bits per heavy atom. The van der Waals surface area contributed by atoms with Gasteiger partial charge in [-0.25, -0.2) is 0 Å². The second kappa shape index (κ2) is 31.6. The Kier molecular flexibility index (Phi) is 28.3. The fraction of sp³-hybridized carbons (Fsp3) is 0.705. The number of nitrogens with two attached hydrogens (primary N) is 1. The van der Waals surface area contributed by atoms with Gasteiger partial charge in [0.1, 0.15) is 24.7 Å². The summed E-state index contributed by atoms with van der Waals surface area (Å²) in [4.78, 5) is 86.2. The normalized spacial score (nSPS) is 13.7. The number of ketones is 3. The molecule has 0 aliphatic rings. The summed E-state index contributed by atoms with van der Waals surface area (Å²) in [5, 5.41) is 24.4. The van der Waals surface area contributed by atoms with Gasteiger partial charge in [0.05, 0.1) is 50.4 Å². The van der Waals surface area contributed by atoms with E-state index in [2.05, 4.69) is 17.6 Å². The molecule has 0 heterocycles. The van der Waals surface area contributed by atoms with E-state index in [1.165, 1.54) is 12.1 Å². The largest absolute Gasteiger partial charge is 0.508 e. The van der Waals surface area contributed by atoms with E-state index >= 15 is 0 Å². The molecule has 60 heavy (non-hydrogen) atoms. The first-order valence-corrected chi connectivity index (χ1v) is 21.4. The zero-order valence-electron chi connectivity index (χ0n) is 36.3. The summed E-state index contributed by atoms with van der Waals surface area (Å²) in [5.41, 5.74) is 5.53. The molecule has 0 aliphatic heterocycles. The molecular formula is C44H71N3O13. The van der Waals surface area contributed by atoms with Gasteiger partial charge in [0.15, 0.2) is 11.6 Å². The second-order valence-corrected chi connectivity index (χ2v) is 15.6. The summed E-state index contributed by atoms with van der Waals surface area (Å²) < 4.78 is 21.7. The van der Waals surface area contributed by atoms with Crippen LogP contribution in [-0.4, -0.2) is 117 Å². The van der Waals surface area contributed by atoms with E-state index in [0.717, 1.165) is 31.2 Å². The van der Waals surface area contributed by atoms with Crippen molar-refractivity contribution in [3.63, 3.8) is 0 Å². The molecule has 16 nitrogen and oxygen atoms in total. The molecule has 0 spiro atoms. The lowest BCUT2D eigenvalue weighted by Gasteiger charge is -2.28. The number of phenolic OH excluding ortho intramolecular Hbond substituents is 1. The molecule has 1 aromatic rings. The Morgan fingerprint density at radius 3 is 2.02 bits per heavy atom. The highest BCUT2D eigenvalue weighted by Gasteiger charge is 2.34. The van der Waals surface area contributed by atoms with E-state index in [-0.39, 0.29) is 126 Å². The minimum absolute atomic E-state index is 0.00190.